The second kappa shape index (κ2) is 6.44. The number of rotatable bonds is 4. The molecule has 0 aliphatic heterocycles. The number of H-pyrrole nitrogens is 1. The van der Waals surface area contributed by atoms with E-state index >= 15 is 0 Å². The Morgan fingerprint density at radius 1 is 1.45 bits per heavy atom. The number of aromatic amines is 1. The first kappa shape index (κ1) is 16.4. The molecule has 2 rings (SSSR count). The van der Waals surface area contributed by atoms with E-state index in [1.54, 1.807) is 0 Å². The molecule has 0 unspecified atom stereocenters. The number of halogens is 4. The second-order valence-electron chi connectivity index (χ2n) is 4.03. The third kappa shape index (κ3) is 4.28. The van der Waals surface area contributed by atoms with E-state index in [4.69, 9.17) is 17.3 Å². The average Bonchev–Trinajstić information content (AvgIpc) is 2.83. The van der Waals surface area contributed by atoms with Gasteiger partial charge in [0.25, 0.3) is 0 Å². The number of carbonyl (C=O) groups excluding carboxylic acids is 1. The zero-order valence-corrected chi connectivity index (χ0v) is 12.3. The van der Waals surface area contributed by atoms with Crippen molar-refractivity contribution in [1.29, 1.82) is 0 Å². The zero-order valence-electron chi connectivity index (χ0n) is 10.7. The van der Waals surface area contributed by atoms with E-state index in [1.807, 2.05) is 0 Å². The second-order valence-corrected chi connectivity index (χ2v) is 5.38. The summed E-state index contributed by atoms with van der Waals surface area (Å²) in [5, 5.41) is 8.67. The monoisotopic (exact) mass is 351 g/mol. The first-order valence-electron chi connectivity index (χ1n) is 5.73. The molecule has 11 heteroatoms. The zero-order chi connectivity index (χ0) is 16.3. The van der Waals surface area contributed by atoms with Crippen molar-refractivity contribution in [2.24, 2.45) is 0 Å². The lowest BCUT2D eigenvalue weighted by Gasteiger charge is -2.11. The summed E-state index contributed by atoms with van der Waals surface area (Å²) in [6, 6.07) is 2.68. The van der Waals surface area contributed by atoms with Crippen LogP contribution in [0.15, 0.2) is 23.4 Å². The molecule has 4 N–H and O–H groups in total. The highest BCUT2D eigenvalue weighted by molar-refractivity contribution is 7.99. The molecule has 1 heterocycles. The van der Waals surface area contributed by atoms with E-state index in [1.165, 1.54) is 0 Å². The quantitative estimate of drug-likeness (QED) is 0.736. The van der Waals surface area contributed by atoms with Crippen molar-refractivity contribution in [3.05, 3.63) is 28.8 Å². The van der Waals surface area contributed by atoms with Gasteiger partial charge < -0.3 is 11.1 Å². The molecule has 22 heavy (non-hydrogen) atoms. The molecule has 0 fully saturated rings. The van der Waals surface area contributed by atoms with Crippen LogP contribution in [-0.2, 0) is 11.0 Å². The van der Waals surface area contributed by atoms with Gasteiger partial charge in [-0.2, -0.15) is 18.2 Å². The minimum Gasteiger partial charge on any atom is -0.368 e. The molecule has 118 valence electrons. The number of hydrogen-bond donors (Lipinski definition) is 3. The van der Waals surface area contributed by atoms with Gasteiger partial charge in [-0.05, 0) is 18.2 Å². The molecule has 0 radical (unpaired) electrons. The molecule has 2 aromatic rings. The Balaban J connectivity index is 2.01. The number of alkyl halides is 3. The number of aromatic nitrogens is 3. The highest BCUT2D eigenvalue weighted by Crippen LogP contribution is 2.33. The standard InChI is InChI=1S/C11H9ClF3N5OS/c12-6-2-1-5(11(13,14)15)3-7(6)17-8(21)4-22-10-18-9(16)19-20-10/h1-3H,4H2,(H,17,21)(H3,16,18,19,20). The predicted molar refractivity (Wildman–Crippen MR) is 76.6 cm³/mol. The summed E-state index contributed by atoms with van der Waals surface area (Å²) >= 11 is 6.75. The fraction of sp³-hybridized carbons (Fsp3) is 0.182. The molecule has 0 aliphatic carbocycles. The third-order valence-corrected chi connectivity index (χ3v) is 3.56. The van der Waals surface area contributed by atoms with Gasteiger partial charge >= 0.3 is 6.18 Å². The van der Waals surface area contributed by atoms with Crippen LogP contribution in [0.5, 0.6) is 0 Å². The van der Waals surface area contributed by atoms with Crippen LogP contribution in [0.4, 0.5) is 24.8 Å². The molecule has 6 nitrogen and oxygen atoms in total. The van der Waals surface area contributed by atoms with E-state index in [2.05, 4.69) is 20.5 Å². The molecule has 1 aromatic heterocycles. The van der Waals surface area contributed by atoms with Crippen molar-refractivity contribution in [3.63, 3.8) is 0 Å². The van der Waals surface area contributed by atoms with Gasteiger partial charge in [0.15, 0.2) is 0 Å². The van der Waals surface area contributed by atoms with Crippen molar-refractivity contribution < 1.29 is 18.0 Å². The number of carbonyl (C=O) groups is 1. The topological polar surface area (TPSA) is 96.7 Å². The van der Waals surface area contributed by atoms with Gasteiger partial charge in [0.05, 0.1) is 22.0 Å². The number of anilines is 2. The number of nitrogens with two attached hydrogens (primary N) is 1. The molecule has 1 aromatic carbocycles. The maximum atomic E-state index is 12.6. The number of benzene rings is 1. The number of nitrogens with zero attached hydrogens (tertiary/aromatic N) is 2. The average molecular weight is 352 g/mol. The number of amides is 1. The van der Waals surface area contributed by atoms with Crippen molar-refractivity contribution >= 4 is 40.9 Å². The molecule has 1 amide bonds. The van der Waals surface area contributed by atoms with Crippen LogP contribution < -0.4 is 11.1 Å². The number of hydrogen-bond acceptors (Lipinski definition) is 5. The SMILES string of the molecule is Nc1nc(SCC(=O)Nc2cc(C(F)(F)F)ccc2Cl)n[nH]1. The minimum atomic E-state index is -4.52. The first-order valence-corrected chi connectivity index (χ1v) is 7.09. The van der Waals surface area contributed by atoms with E-state index in [0.717, 1.165) is 30.0 Å². The van der Waals surface area contributed by atoms with E-state index in [9.17, 15) is 18.0 Å². The van der Waals surface area contributed by atoms with Crippen LogP contribution in [0.25, 0.3) is 0 Å². The maximum absolute atomic E-state index is 12.6. The van der Waals surface area contributed by atoms with E-state index in [-0.39, 0.29) is 27.6 Å². The van der Waals surface area contributed by atoms with Gasteiger partial charge in [-0.3, -0.25) is 4.79 Å². The largest absolute Gasteiger partial charge is 0.416 e. The summed E-state index contributed by atoms with van der Waals surface area (Å²) in [4.78, 5) is 15.5. The van der Waals surface area contributed by atoms with Gasteiger partial charge in [-0.1, -0.05) is 23.4 Å². The van der Waals surface area contributed by atoms with Gasteiger partial charge in [0.2, 0.25) is 17.0 Å². The maximum Gasteiger partial charge on any atom is 0.416 e. The van der Waals surface area contributed by atoms with Crippen molar-refractivity contribution in [3.8, 4) is 0 Å². The smallest absolute Gasteiger partial charge is 0.368 e. The Kier molecular flexibility index (Phi) is 4.81. The lowest BCUT2D eigenvalue weighted by molar-refractivity contribution is -0.137. The summed E-state index contributed by atoms with van der Waals surface area (Å²) in [6.07, 6.45) is -4.52. The summed E-state index contributed by atoms with van der Waals surface area (Å²) in [7, 11) is 0. The van der Waals surface area contributed by atoms with Crippen molar-refractivity contribution in [2.45, 2.75) is 11.3 Å². The molecule has 0 aliphatic rings. The Morgan fingerprint density at radius 2 is 2.18 bits per heavy atom. The number of nitrogens with one attached hydrogen (secondary N) is 2. The van der Waals surface area contributed by atoms with Crippen molar-refractivity contribution in [1.82, 2.24) is 15.2 Å². The highest BCUT2D eigenvalue weighted by Gasteiger charge is 2.31. The predicted octanol–water partition coefficient (Wildman–Crippen LogP) is 2.79. The molecule has 0 spiro atoms. The Labute approximate surface area is 131 Å². The fourth-order valence-corrected chi connectivity index (χ4v) is 2.21. The Hall–Kier alpha value is -1.94. The van der Waals surface area contributed by atoms with Crippen LogP contribution in [0.3, 0.4) is 0 Å². The molecule has 0 atom stereocenters. The van der Waals surface area contributed by atoms with Crippen LogP contribution in [0.1, 0.15) is 5.56 Å². The van der Waals surface area contributed by atoms with Crippen LogP contribution >= 0.6 is 23.4 Å². The molecule has 0 saturated heterocycles. The summed E-state index contributed by atoms with van der Waals surface area (Å²) in [6.45, 7) is 0. The minimum absolute atomic E-state index is 0.00786. The summed E-state index contributed by atoms with van der Waals surface area (Å²) in [5.74, 6) is -0.553. The normalized spacial score (nSPS) is 11.5. The molecular weight excluding hydrogens is 343 g/mol. The summed E-state index contributed by atoms with van der Waals surface area (Å²) < 4.78 is 37.9. The molecular formula is C11H9ClF3N5OS. The van der Waals surface area contributed by atoms with Gasteiger partial charge in [0.1, 0.15) is 0 Å². The Morgan fingerprint density at radius 3 is 2.77 bits per heavy atom. The number of thioether (sulfide) groups is 1. The van der Waals surface area contributed by atoms with Crippen molar-refractivity contribution in [2.75, 3.05) is 16.8 Å². The fourth-order valence-electron chi connectivity index (χ4n) is 1.44. The number of nitrogen functional groups attached to an aromatic ring is 1. The molecule has 0 bridgehead atoms. The highest BCUT2D eigenvalue weighted by atomic mass is 35.5. The van der Waals surface area contributed by atoms with Gasteiger partial charge in [-0.15, -0.1) is 5.10 Å². The van der Waals surface area contributed by atoms with Gasteiger partial charge in [-0.25, -0.2) is 5.10 Å². The van der Waals surface area contributed by atoms with Crippen LogP contribution in [0.2, 0.25) is 5.02 Å². The lowest BCUT2D eigenvalue weighted by atomic mass is 10.2. The van der Waals surface area contributed by atoms with E-state index in [0.29, 0.717) is 0 Å². The van der Waals surface area contributed by atoms with Crippen LogP contribution in [-0.4, -0.2) is 26.8 Å². The Bertz CT molecular complexity index is 691. The summed E-state index contributed by atoms with van der Waals surface area (Å²) in [5.41, 5.74) is 4.30. The lowest BCUT2D eigenvalue weighted by Crippen LogP contribution is -2.15. The molecule has 0 saturated carbocycles. The third-order valence-electron chi connectivity index (χ3n) is 2.38. The first-order chi connectivity index (χ1) is 10.3. The van der Waals surface area contributed by atoms with Crippen LogP contribution in [0, 0.1) is 0 Å². The van der Waals surface area contributed by atoms with Gasteiger partial charge in [0, 0.05) is 0 Å². The van der Waals surface area contributed by atoms with E-state index < -0.39 is 17.6 Å².